The average Bonchev–Trinajstić information content (AvgIpc) is 3.23. The molecule has 2 aliphatic rings. The van der Waals surface area contributed by atoms with Gasteiger partial charge in [0.1, 0.15) is 0 Å². The van der Waals surface area contributed by atoms with E-state index in [0.29, 0.717) is 18.3 Å². The topological polar surface area (TPSA) is 66.0 Å². The Hall–Kier alpha value is -2.13. The third-order valence-electron chi connectivity index (χ3n) is 6.69. The number of aliphatic imine (C=N–C) groups is 1. The first-order valence-corrected chi connectivity index (χ1v) is 12.2. The van der Waals surface area contributed by atoms with E-state index < -0.39 is 0 Å². The molecule has 2 aromatic carbocycles. The molecule has 1 amide bonds. The molecule has 0 saturated carbocycles. The molecule has 0 spiro atoms. The Balaban J connectivity index is 0.00000324. The second kappa shape index (κ2) is 13.7. The fraction of sp³-hybridized carbons (Fsp3) is 0.481. The van der Waals surface area contributed by atoms with E-state index in [-0.39, 0.29) is 36.0 Å². The Labute approximate surface area is 220 Å². The lowest BCUT2D eigenvalue weighted by atomic mass is 9.89. The molecule has 0 aliphatic carbocycles. The van der Waals surface area contributed by atoms with E-state index in [9.17, 15) is 4.79 Å². The quantitative estimate of drug-likeness (QED) is 0.283. The molecular formula is C27H37IN4O2. The van der Waals surface area contributed by atoms with Crippen LogP contribution in [0.25, 0.3) is 0 Å². The standard InChI is InChI=1S/C27H36N4O2.HI/c1-28-27(30-19-24-13-8-16-33-26(24)23-11-6-3-7-12-23)29-18-22-17-25(32)31(20-22)15-14-21-9-4-2-5-10-21;/h2-7,9-12,22,24,26H,8,13-20H2,1H3,(H2,28,29,30);1H. The summed E-state index contributed by atoms with van der Waals surface area (Å²) in [6, 6.07) is 20.9. The van der Waals surface area contributed by atoms with Gasteiger partial charge in [-0.15, -0.1) is 24.0 Å². The minimum atomic E-state index is 0. The molecule has 2 N–H and O–H groups in total. The lowest BCUT2D eigenvalue weighted by Crippen LogP contribution is -2.43. The number of carbonyl (C=O) groups is 1. The van der Waals surface area contributed by atoms with Crippen molar-refractivity contribution in [3.05, 3.63) is 71.8 Å². The van der Waals surface area contributed by atoms with Crippen LogP contribution in [0.1, 0.15) is 36.5 Å². The predicted molar refractivity (Wildman–Crippen MR) is 147 cm³/mol. The lowest BCUT2D eigenvalue weighted by Gasteiger charge is -2.32. The molecule has 2 aromatic rings. The third kappa shape index (κ3) is 7.43. The molecule has 0 radical (unpaired) electrons. The smallest absolute Gasteiger partial charge is 0.223 e. The SMILES string of the molecule is CN=C(NCC1CC(=O)N(CCc2ccccc2)C1)NCC1CCCOC1c1ccccc1.I. The molecule has 7 heteroatoms. The van der Waals surface area contributed by atoms with Crippen molar-refractivity contribution < 1.29 is 9.53 Å². The van der Waals surface area contributed by atoms with Crippen LogP contribution in [0.5, 0.6) is 0 Å². The average molecular weight is 577 g/mol. The first-order valence-electron chi connectivity index (χ1n) is 12.2. The first-order chi connectivity index (χ1) is 16.2. The molecule has 2 saturated heterocycles. The zero-order valence-electron chi connectivity index (χ0n) is 20.0. The zero-order chi connectivity index (χ0) is 22.9. The molecule has 2 aliphatic heterocycles. The Morgan fingerprint density at radius 2 is 1.76 bits per heavy atom. The van der Waals surface area contributed by atoms with Crippen LogP contribution in [0.3, 0.4) is 0 Å². The number of nitrogens with one attached hydrogen (secondary N) is 2. The Bertz CT molecular complexity index is 909. The van der Waals surface area contributed by atoms with Crippen molar-refractivity contribution in [1.82, 2.24) is 15.5 Å². The van der Waals surface area contributed by atoms with Crippen LogP contribution in [0.2, 0.25) is 0 Å². The summed E-state index contributed by atoms with van der Waals surface area (Å²) in [4.78, 5) is 18.9. The van der Waals surface area contributed by atoms with E-state index in [4.69, 9.17) is 4.74 Å². The van der Waals surface area contributed by atoms with Crippen molar-refractivity contribution >= 4 is 35.8 Å². The number of amides is 1. The van der Waals surface area contributed by atoms with Crippen LogP contribution < -0.4 is 10.6 Å². The van der Waals surface area contributed by atoms with Crippen molar-refractivity contribution in [3.63, 3.8) is 0 Å². The van der Waals surface area contributed by atoms with Crippen LogP contribution in [-0.2, 0) is 16.0 Å². The van der Waals surface area contributed by atoms with Crippen LogP contribution in [0.4, 0.5) is 0 Å². The number of ether oxygens (including phenoxy) is 1. The van der Waals surface area contributed by atoms with Gasteiger partial charge in [0, 0.05) is 58.1 Å². The summed E-state index contributed by atoms with van der Waals surface area (Å²) >= 11 is 0. The van der Waals surface area contributed by atoms with Gasteiger partial charge in [-0.25, -0.2) is 0 Å². The van der Waals surface area contributed by atoms with Crippen LogP contribution in [0.15, 0.2) is 65.7 Å². The molecular weight excluding hydrogens is 539 g/mol. The van der Waals surface area contributed by atoms with Crippen LogP contribution in [-0.4, -0.2) is 56.6 Å². The lowest BCUT2D eigenvalue weighted by molar-refractivity contribution is -0.127. The number of likely N-dealkylation sites (tertiary alicyclic amines) is 1. The zero-order valence-corrected chi connectivity index (χ0v) is 22.3. The van der Waals surface area contributed by atoms with E-state index in [1.54, 1.807) is 7.05 Å². The number of guanidine groups is 1. The predicted octanol–water partition coefficient (Wildman–Crippen LogP) is 4.03. The molecule has 0 aromatic heterocycles. The van der Waals surface area contributed by atoms with Crippen molar-refractivity contribution in [3.8, 4) is 0 Å². The Morgan fingerprint density at radius 3 is 2.50 bits per heavy atom. The van der Waals surface area contributed by atoms with Gasteiger partial charge >= 0.3 is 0 Å². The number of hydrogen-bond acceptors (Lipinski definition) is 3. The van der Waals surface area contributed by atoms with Crippen molar-refractivity contribution in [2.75, 3.05) is 39.8 Å². The van der Waals surface area contributed by atoms with Crippen molar-refractivity contribution in [1.29, 1.82) is 0 Å². The summed E-state index contributed by atoms with van der Waals surface area (Å²) in [6.45, 7) is 3.97. The molecule has 184 valence electrons. The van der Waals surface area contributed by atoms with E-state index >= 15 is 0 Å². The number of nitrogens with zero attached hydrogens (tertiary/aromatic N) is 2. The fourth-order valence-electron chi connectivity index (χ4n) is 4.87. The maximum atomic E-state index is 12.5. The highest BCUT2D eigenvalue weighted by molar-refractivity contribution is 14.0. The summed E-state index contributed by atoms with van der Waals surface area (Å²) < 4.78 is 6.12. The van der Waals surface area contributed by atoms with Gasteiger partial charge in [0.2, 0.25) is 5.91 Å². The van der Waals surface area contributed by atoms with Gasteiger partial charge in [-0.2, -0.15) is 0 Å². The first kappa shape index (κ1) is 26.5. The molecule has 4 rings (SSSR count). The molecule has 2 heterocycles. The van der Waals surface area contributed by atoms with Gasteiger partial charge in [-0.1, -0.05) is 60.7 Å². The van der Waals surface area contributed by atoms with Gasteiger partial charge in [0.05, 0.1) is 6.10 Å². The largest absolute Gasteiger partial charge is 0.373 e. The van der Waals surface area contributed by atoms with E-state index in [1.165, 1.54) is 11.1 Å². The molecule has 3 atom stereocenters. The van der Waals surface area contributed by atoms with Crippen LogP contribution in [0, 0.1) is 11.8 Å². The van der Waals surface area contributed by atoms with Gasteiger partial charge in [0.15, 0.2) is 5.96 Å². The number of halogens is 1. The van der Waals surface area contributed by atoms with E-state index in [1.807, 2.05) is 29.2 Å². The van der Waals surface area contributed by atoms with Gasteiger partial charge < -0.3 is 20.3 Å². The highest BCUT2D eigenvalue weighted by Crippen LogP contribution is 2.33. The molecule has 3 unspecified atom stereocenters. The number of benzene rings is 2. The number of carbonyl (C=O) groups excluding carboxylic acids is 1. The summed E-state index contributed by atoms with van der Waals surface area (Å²) in [5.41, 5.74) is 2.52. The fourth-order valence-corrected chi connectivity index (χ4v) is 4.87. The molecule has 2 fully saturated rings. The van der Waals surface area contributed by atoms with Gasteiger partial charge in [0.25, 0.3) is 0 Å². The van der Waals surface area contributed by atoms with Gasteiger partial charge in [-0.3, -0.25) is 9.79 Å². The number of rotatable bonds is 8. The monoisotopic (exact) mass is 576 g/mol. The number of hydrogen-bond donors (Lipinski definition) is 2. The maximum Gasteiger partial charge on any atom is 0.223 e. The highest BCUT2D eigenvalue weighted by Gasteiger charge is 2.30. The van der Waals surface area contributed by atoms with Gasteiger partial charge in [-0.05, 0) is 30.4 Å². The van der Waals surface area contributed by atoms with E-state index in [0.717, 1.165) is 58.0 Å². The minimum absolute atomic E-state index is 0. The van der Waals surface area contributed by atoms with Crippen LogP contribution >= 0.6 is 24.0 Å². The summed E-state index contributed by atoms with van der Waals surface area (Å²) in [7, 11) is 1.80. The van der Waals surface area contributed by atoms with E-state index in [2.05, 4.69) is 52.0 Å². The Morgan fingerprint density at radius 1 is 1.06 bits per heavy atom. The summed E-state index contributed by atoms with van der Waals surface area (Å²) in [5.74, 6) is 1.76. The normalized spacial score (nSPS) is 22.9. The van der Waals surface area contributed by atoms with Crippen molar-refractivity contribution in [2.45, 2.75) is 31.8 Å². The summed E-state index contributed by atoms with van der Waals surface area (Å²) in [6.07, 6.45) is 3.85. The van der Waals surface area contributed by atoms with Crippen molar-refractivity contribution in [2.24, 2.45) is 16.8 Å². The second-order valence-corrected chi connectivity index (χ2v) is 9.08. The molecule has 34 heavy (non-hydrogen) atoms. The minimum Gasteiger partial charge on any atom is -0.373 e. The molecule has 6 nitrogen and oxygen atoms in total. The Kier molecular flexibility index (Phi) is 10.7. The summed E-state index contributed by atoms with van der Waals surface area (Å²) in [5, 5.41) is 6.93. The molecule has 0 bridgehead atoms. The third-order valence-corrected chi connectivity index (χ3v) is 6.69. The highest BCUT2D eigenvalue weighted by atomic mass is 127. The second-order valence-electron chi connectivity index (χ2n) is 9.08. The maximum absolute atomic E-state index is 12.5.